The Morgan fingerprint density at radius 1 is 0.792 bits per heavy atom. The number of hydrogen-bond acceptors (Lipinski definition) is 4. The molecule has 1 aliphatic carbocycles. The minimum Gasteiger partial charge on any atom is -0.340 e. The zero-order valence-corrected chi connectivity index (χ0v) is 15.8. The summed E-state index contributed by atoms with van der Waals surface area (Å²) in [5.74, 6) is 1.58. The molecular formula is C19H36N4O. The highest BCUT2D eigenvalue weighted by Crippen LogP contribution is 2.29. The van der Waals surface area contributed by atoms with Crippen molar-refractivity contribution in [3.63, 3.8) is 0 Å². The first-order valence-corrected chi connectivity index (χ1v) is 10.0. The van der Waals surface area contributed by atoms with E-state index in [2.05, 4.69) is 33.6 Å². The second kappa shape index (κ2) is 8.63. The second-order valence-electron chi connectivity index (χ2n) is 8.27. The highest BCUT2D eigenvalue weighted by Gasteiger charge is 2.30. The van der Waals surface area contributed by atoms with Crippen LogP contribution in [0.5, 0.6) is 0 Å². The minimum absolute atomic E-state index is 0.318. The molecule has 1 saturated carbocycles. The third kappa shape index (κ3) is 4.93. The third-order valence-corrected chi connectivity index (χ3v) is 6.38. The van der Waals surface area contributed by atoms with Crippen molar-refractivity contribution < 1.29 is 4.79 Å². The Hall–Kier alpha value is -0.650. The smallest absolute Gasteiger partial charge is 0.225 e. The number of hydrogen-bond donors (Lipinski definition) is 0. The zero-order valence-electron chi connectivity index (χ0n) is 15.8. The molecule has 0 aromatic heterocycles. The van der Waals surface area contributed by atoms with Crippen molar-refractivity contribution in [1.82, 2.24) is 19.6 Å². The highest BCUT2D eigenvalue weighted by atomic mass is 16.2. The van der Waals surface area contributed by atoms with E-state index < -0.39 is 0 Å². The predicted molar refractivity (Wildman–Crippen MR) is 98.1 cm³/mol. The van der Waals surface area contributed by atoms with Crippen LogP contribution in [0.25, 0.3) is 0 Å². The van der Waals surface area contributed by atoms with Gasteiger partial charge in [-0.2, -0.15) is 0 Å². The number of nitrogens with zero attached hydrogens (tertiary/aromatic N) is 4. The molecule has 0 aromatic rings. The van der Waals surface area contributed by atoms with Crippen LogP contribution in [0.2, 0.25) is 0 Å². The number of likely N-dealkylation sites (N-methyl/N-ethyl adjacent to an activating group) is 1. The molecule has 0 spiro atoms. The lowest BCUT2D eigenvalue weighted by Crippen LogP contribution is -2.53. The van der Waals surface area contributed by atoms with Crippen molar-refractivity contribution in [1.29, 1.82) is 0 Å². The molecule has 5 heteroatoms. The van der Waals surface area contributed by atoms with Crippen molar-refractivity contribution in [3.8, 4) is 0 Å². The molecule has 0 aromatic carbocycles. The molecule has 3 fully saturated rings. The molecule has 2 aliphatic heterocycles. The lowest BCUT2D eigenvalue weighted by atomic mass is 9.82. The Balaban J connectivity index is 1.34. The fraction of sp³-hybridized carbons (Fsp3) is 0.947. The van der Waals surface area contributed by atoms with Crippen LogP contribution in [0.15, 0.2) is 0 Å². The summed E-state index contributed by atoms with van der Waals surface area (Å²) in [5.41, 5.74) is 0. The summed E-state index contributed by atoms with van der Waals surface area (Å²) >= 11 is 0. The molecule has 24 heavy (non-hydrogen) atoms. The van der Waals surface area contributed by atoms with E-state index in [-0.39, 0.29) is 0 Å². The second-order valence-corrected chi connectivity index (χ2v) is 8.27. The lowest BCUT2D eigenvalue weighted by Gasteiger charge is -2.39. The molecule has 3 rings (SSSR count). The first kappa shape index (κ1) is 18.2. The number of carbonyl (C=O) groups excluding carboxylic acids is 1. The van der Waals surface area contributed by atoms with Gasteiger partial charge in [-0.3, -0.25) is 14.6 Å². The van der Waals surface area contributed by atoms with E-state index >= 15 is 0 Å². The van der Waals surface area contributed by atoms with Gasteiger partial charge in [0.25, 0.3) is 0 Å². The van der Waals surface area contributed by atoms with Gasteiger partial charge in [-0.1, -0.05) is 6.92 Å². The van der Waals surface area contributed by atoms with Gasteiger partial charge in [0.15, 0.2) is 0 Å². The summed E-state index contributed by atoms with van der Waals surface area (Å²) in [6, 6.07) is 0. The molecule has 0 atom stereocenters. The number of rotatable bonds is 4. The van der Waals surface area contributed by atoms with Crippen LogP contribution in [0.3, 0.4) is 0 Å². The Bertz CT molecular complexity index is 392. The van der Waals surface area contributed by atoms with E-state index in [0.29, 0.717) is 11.8 Å². The van der Waals surface area contributed by atoms with Crippen LogP contribution in [-0.4, -0.2) is 98.0 Å². The molecule has 0 N–H and O–H groups in total. The molecule has 1 amide bonds. The van der Waals surface area contributed by atoms with Crippen LogP contribution in [0.4, 0.5) is 0 Å². The molecule has 0 unspecified atom stereocenters. The molecule has 0 radical (unpaired) electrons. The van der Waals surface area contributed by atoms with Gasteiger partial charge in [0, 0.05) is 71.4 Å². The lowest BCUT2D eigenvalue weighted by molar-refractivity contribution is -0.138. The Labute approximate surface area is 147 Å². The first-order chi connectivity index (χ1) is 11.6. The quantitative estimate of drug-likeness (QED) is 0.772. The number of carbonyl (C=O) groups is 1. The Morgan fingerprint density at radius 2 is 1.29 bits per heavy atom. The first-order valence-electron chi connectivity index (χ1n) is 10.0. The monoisotopic (exact) mass is 336 g/mol. The summed E-state index contributed by atoms with van der Waals surface area (Å²) in [4.78, 5) is 22.4. The Kier molecular flexibility index (Phi) is 6.53. The van der Waals surface area contributed by atoms with Crippen molar-refractivity contribution in [2.45, 2.75) is 32.6 Å². The summed E-state index contributed by atoms with van der Waals surface area (Å²) in [5, 5.41) is 0. The van der Waals surface area contributed by atoms with Crippen LogP contribution >= 0.6 is 0 Å². The minimum atomic E-state index is 0.318. The average molecular weight is 337 g/mol. The largest absolute Gasteiger partial charge is 0.340 e. The van der Waals surface area contributed by atoms with E-state index in [9.17, 15) is 4.79 Å². The number of amides is 1. The van der Waals surface area contributed by atoms with Crippen LogP contribution < -0.4 is 0 Å². The van der Waals surface area contributed by atoms with Crippen molar-refractivity contribution >= 4 is 5.91 Å². The highest BCUT2D eigenvalue weighted by molar-refractivity contribution is 5.79. The van der Waals surface area contributed by atoms with Gasteiger partial charge in [0.2, 0.25) is 5.91 Å². The standard InChI is InChI=1S/C19H36N4O/c1-17-3-5-18(6-4-17)19(24)23-15-13-22(14-16-23)12-11-21-9-7-20(2)8-10-21/h17-18H,3-16H2,1-2H3. The SMILES string of the molecule is CC1CCC(C(=O)N2CCN(CCN3CCN(C)CC3)CC2)CC1. The molecule has 5 nitrogen and oxygen atoms in total. The normalized spacial score (nSPS) is 31.3. The molecule has 138 valence electrons. The summed E-state index contributed by atoms with van der Waals surface area (Å²) in [7, 11) is 2.21. The van der Waals surface area contributed by atoms with Crippen LogP contribution in [0.1, 0.15) is 32.6 Å². The fourth-order valence-corrected chi connectivity index (χ4v) is 4.31. The van der Waals surface area contributed by atoms with Gasteiger partial charge >= 0.3 is 0 Å². The zero-order chi connectivity index (χ0) is 16.9. The summed E-state index contributed by atoms with van der Waals surface area (Å²) in [6.45, 7) is 13.5. The molecule has 0 bridgehead atoms. The molecule has 3 aliphatic rings. The maximum absolute atomic E-state index is 12.7. The van der Waals surface area contributed by atoms with Gasteiger partial charge < -0.3 is 9.80 Å². The van der Waals surface area contributed by atoms with Gasteiger partial charge in [0.05, 0.1) is 0 Å². The summed E-state index contributed by atoms with van der Waals surface area (Å²) < 4.78 is 0. The van der Waals surface area contributed by atoms with Gasteiger partial charge in [0.1, 0.15) is 0 Å². The van der Waals surface area contributed by atoms with Crippen LogP contribution in [-0.2, 0) is 4.79 Å². The van der Waals surface area contributed by atoms with Crippen LogP contribution in [0, 0.1) is 11.8 Å². The number of piperazine rings is 2. The van der Waals surface area contributed by atoms with E-state index in [4.69, 9.17) is 0 Å². The van der Waals surface area contributed by atoms with Crippen molar-refractivity contribution in [2.24, 2.45) is 11.8 Å². The van der Waals surface area contributed by atoms with E-state index in [1.807, 2.05) is 0 Å². The third-order valence-electron chi connectivity index (χ3n) is 6.38. The molecule has 2 heterocycles. The fourth-order valence-electron chi connectivity index (χ4n) is 4.31. The van der Waals surface area contributed by atoms with E-state index in [1.165, 1.54) is 45.6 Å². The van der Waals surface area contributed by atoms with E-state index in [0.717, 1.165) is 51.5 Å². The topological polar surface area (TPSA) is 30.0 Å². The van der Waals surface area contributed by atoms with Gasteiger partial charge in [-0.15, -0.1) is 0 Å². The van der Waals surface area contributed by atoms with Gasteiger partial charge in [-0.05, 0) is 38.6 Å². The van der Waals surface area contributed by atoms with Crippen molar-refractivity contribution in [2.75, 3.05) is 72.5 Å². The Morgan fingerprint density at radius 3 is 1.83 bits per heavy atom. The van der Waals surface area contributed by atoms with E-state index in [1.54, 1.807) is 0 Å². The maximum atomic E-state index is 12.7. The molecular weight excluding hydrogens is 300 g/mol. The average Bonchev–Trinajstić information content (AvgIpc) is 2.62. The van der Waals surface area contributed by atoms with Crippen molar-refractivity contribution in [3.05, 3.63) is 0 Å². The predicted octanol–water partition coefficient (Wildman–Crippen LogP) is 1.20. The maximum Gasteiger partial charge on any atom is 0.225 e. The van der Waals surface area contributed by atoms with Gasteiger partial charge in [-0.25, -0.2) is 0 Å². The molecule has 2 saturated heterocycles. The summed E-state index contributed by atoms with van der Waals surface area (Å²) in [6.07, 6.45) is 4.70.